The number of anilines is 1. The van der Waals surface area contributed by atoms with Crippen molar-refractivity contribution in [3.05, 3.63) is 24.3 Å². The number of aliphatic hydroxyl groups is 1. The molecule has 0 bridgehead atoms. The van der Waals surface area contributed by atoms with Crippen molar-refractivity contribution in [3.8, 4) is 0 Å². The van der Waals surface area contributed by atoms with Crippen LogP contribution in [0.25, 0.3) is 0 Å². The lowest BCUT2D eigenvalue weighted by Gasteiger charge is -2.17. The maximum atomic E-state index is 11.8. The lowest BCUT2D eigenvalue weighted by atomic mass is 10.1. The van der Waals surface area contributed by atoms with Crippen molar-refractivity contribution < 1.29 is 9.90 Å². The number of aliphatic hydroxyl groups excluding tert-OH is 1. The van der Waals surface area contributed by atoms with Crippen LogP contribution in [0.5, 0.6) is 0 Å². The number of nitrogens with zero attached hydrogens (tertiary/aromatic N) is 1. The fraction of sp³-hybridized carbons (Fsp3) is 0.632. The predicted molar refractivity (Wildman–Crippen MR) is 101 cm³/mol. The Balaban J connectivity index is 0.00000100. The van der Waals surface area contributed by atoms with Crippen LogP contribution < -0.4 is 9.62 Å². The highest BCUT2D eigenvalue weighted by atomic mass is 32.2. The molecule has 1 aromatic carbocycles. The van der Waals surface area contributed by atoms with Gasteiger partial charge in [0.05, 0.1) is 0 Å². The molecule has 0 aromatic heterocycles. The second-order valence-electron chi connectivity index (χ2n) is 6.20. The fourth-order valence-corrected chi connectivity index (χ4v) is 3.97. The monoisotopic (exact) mass is 350 g/mol. The Morgan fingerprint density at radius 2 is 1.67 bits per heavy atom. The Hall–Kier alpha value is -1.04. The average molecular weight is 351 g/mol. The Labute approximate surface area is 150 Å². The van der Waals surface area contributed by atoms with E-state index in [0.717, 1.165) is 5.69 Å². The van der Waals surface area contributed by atoms with Gasteiger partial charge in [0.1, 0.15) is 6.10 Å². The van der Waals surface area contributed by atoms with E-state index in [1.54, 1.807) is 16.8 Å². The second-order valence-corrected chi connectivity index (χ2v) is 7.11. The summed E-state index contributed by atoms with van der Waals surface area (Å²) in [5.41, 5.74) is 0.875. The summed E-state index contributed by atoms with van der Waals surface area (Å²) in [6.45, 7) is 4.60. The van der Waals surface area contributed by atoms with Crippen molar-refractivity contribution in [1.29, 1.82) is 0 Å². The SMILES string of the molecule is CC.O=C1C(O)CCN1c1ccc(SNC2CCCCCC2)cc1. The number of carbonyl (C=O) groups is 1. The van der Waals surface area contributed by atoms with Crippen molar-refractivity contribution in [3.63, 3.8) is 0 Å². The molecule has 3 rings (SSSR count). The van der Waals surface area contributed by atoms with Crippen molar-refractivity contribution in [2.75, 3.05) is 11.4 Å². The first-order valence-corrected chi connectivity index (χ1v) is 10.1. The van der Waals surface area contributed by atoms with E-state index in [0.29, 0.717) is 19.0 Å². The lowest BCUT2D eigenvalue weighted by Crippen LogP contribution is -2.28. The van der Waals surface area contributed by atoms with Gasteiger partial charge < -0.3 is 10.0 Å². The summed E-state index contributed by atoms with van der Waals surface area (Å²) in [4.78, 5) is 14.6. The zero-order valence-corrected chi connectivity index (χ0v) is 15.6. The normalized spacial score (nSPS) is 22.0. The van der Waals surface area contributed by atoms with Crippen LogP contribution >= 0.6 is 11.9 Å². The Kier molecular flexibility index (Phi) is 8.09. The minimum Gasteiger partial charge on any atom is -0.383 e. The molecule has 1 aliphatic carbocycles. The maximum Gasteiger partial charge on any atom is 0.255 e. The average Bonchev–Trinajstić information content (AvgIpc) is 2.83. The van der Waals surface area contributed by atoms with Crippen molar-refractivity contribution in [2.24, 2.45) is 0 Å². The van der Waals surface area contributed by atoms with Crippen LogP contribution in [0.2, 0.25) is 0 Å². The molecule has 0 spiro atoms. The van der Waals surface area contributed by atoms with E-state index < -0.39 is 6.10 Å². The zero-order chi connectivity index (χ0) is 17.4. The van der Waals surface area contributed by atoms with Gasteiger partial charge in [0.15, 0.2) is 0 Å². The van der Waals surface area contributed by atoms with Crippen LogP contribution in [0.15, 0.2) is 29.2 Å². The Morgan fingerprint density at radius 1 is 1.04 bits per heavy atom. The molecule has 2 aliphatic rings. The summed E-state index contributed by atoms with van der Waals surface area (Å²) in [6.07, 6.45) is 7.63. The van der Waals surface area contributed by atoms with E-state index in [4.69, 9.17) is 0 Å². The Bertz CT molecular complexity index is 499. The molecule has 1 aliphatic heterocycles. The number of carbonyl (C=O) groups excluding carboxylic acids is 1. The maximum absolute atomic E-state index is 11.8. The number of hydrogen-bond acceptors (Lipinski definition) is 4. The van der Waals surface area contributed by atoms with Crippen molar-refractivity contribution in [1.82, 2.24) is 4.72 Å². The van der Waals surface area contributed by atoms with Crippen LogP contribution in [0.1, 0.15) is 58.8 Å². The topological polar surface area (TPSA) is 52.6 Å². The van der Waals surface area contributed by atoms with Crippen LogP contribution in [-0.2, 0) is 4.79 Å². The molecule has 4 nitrogen and oxygen atoms in total. The van der Waals surface area contributed by atoms with Gasteiger partial charge in [0.2, 0.25) is 0 Å². The van der Waals surface area contributed by atoms with Gasteiger partial charge in [-0.1, -0.05) is 39.5 Å². The summed E-state index contributed by atoms with van der Waals surface area (Å²) in [5, 5.41) is 9.53. The molecule has 24 heavy (non-hydrogen) atoms. The molecule has 0 radical (unpaired) electrons. The molecule has 1 aromatic rings. The highest BCUT2D eigenvalue weighted by Crippen LogP contribution is 2.26. The third-order valence-corrected chi connectivity index (χ3v) is 5.48. The third kappa shape index (κ3) is 5.23. The molecule has 1 saturated heterocycles. The minimum atomic E-state index is -0.828. The largest absolute Gasteiger partial charge is 0.383 e. The van der Waals surface area contributed by atoms with Crippen LogP contribution in [0.3, 0.4) is 0 Å². The summed E-state index contributed by atoms with van der Waals surface area (Å²) in [6, 6.07) is 8.63. The summed E-state index contributed by atoms with van der Waals surface area (Å²) in [5.74, 6) is -0.183. The van der Waals surface area contributed by atoms with Gasteiger partial charge in [0, 0.05) is 29.6 Å². The number of hydrogen-bond donors (Lipinski definition) is 2. The number of amides is 1. The molecule has 134 valence electrons. The van der Waals surface area contributed by atoms with Gasteiger partial charge in [-0.2, -0.15) is 0 Å². The first-order valence-electron chi connectivity index (χ1n) is 9.26. The van der Waals surface area contributed by atoms with Crippen molar-refractivity contribution >= 4 is 23.5 Å². The summed E-state index contributed by atoms with van der Waals surface area (Å²) in [7, 11) is 0. The van der Waals surface area contributed by atoms with Gasteiger partial charge >= 0.3 is 0 Å². The summed E-state index contributed by atoms with van der Waals surface area (Å²) >= 11 is 1.69. The van der Waals surface area contributed by atoms with Gasteiger partial charge in [-0.15, -0.1) is 0 Å². The molecule has 1 unspecified atom stereocenters. The molecular formula is C19H30N2O2S. The highest BCUT2D eigenvalue weighted by molar-refractivity contribution is 7.97. The first-order chi connectivity index (χ1) is 11.7. The standard InChI is InChI=1S/C17H24N2O2S.C2H6/c20-16-11-12-19(17(16)21)14-7-9-15(10-8-14)22-18-13-5-3-1-2-4-6-13;1-2/h7-10,13,16,18,20H,1-6,11-12H2;1-2H3. The molecule has 1 saturated carbocycles. The Morgan fingerprint density at radius 3 is 2.21 bits per heavy atom. The van der Waals surface area contributed by atoms with Crippen LogP contribution in [0.4, 0.5) is 5.69 Å². The molecule has 1 amide bonds. The molecule has 2 fully saturated rings. The van der Waals surface area contributed by atoms with E-state index in [-0.39, 0.29) is 5.91 Å². The zero-order valence-electron chi connectivity index (χ0n) is 14.8. The minimum absolute atomic E-state index is 0.183. The number of benzene rings is 1. The molecule has 1 atom stereocenters. The lowest BCUT2D eigenvalue weighted by molar-refractivity contribution is -0.123. The molecular weight excluding hydrogens is 320 g/mol. The van der Waals surface area contributed by atoms with Crippen LogP contribution in [0, 0.1) is 0 Å². The van der Waals surface area contributed by atoms with Crippen LogP contribution in [-0.4, -0.2) is 29.7 Å². The van der Waals surface area contributed by atoms with E-state index in [1.165, 1.54) is 43.4 Å². The van der Waals surface area contributed by atoms with E-state index in [1.807, 2.05) is 38.1 Å². The van der Waals surface area contributed by atoms with Crippen molar-refractivity contribution in [2.45, 2.75) is 75.8 Å². The van der Waals surface area contributed by atoms with E-state index >= 15 is 0 Å². The second kappa shape index (κ2) is 10.1. The summed E-state index contributed by atoms with van der Waals surface area (Å²) < 4.78 is 3.58. The third-order valence-electron chi connectivity index (χ3n) is 4.52. The smallest absolute Gasteiger partial charge is 0.255 e. The first kappa shape index (κ1) is 19.3. The number of nitrogens with one attached hydrogen (secondary N) is 1. The van der Waals surface area contributed by atoms with E-state index in [9.17, 15) is 9.90 Å². The molecule has 1 heterocycles. The quantitative estimate of drug-likeness (QED) is 0.633. The molecule has 2 N–H and O–H groups in total. The van der Waals surface area contributed by atoms with Gasteiger partial charge in [-0.3, -0.25) is 9.52 Å². The molecule has 5 heteroatoms. The van der Waals surface area contributed by atoms with Gasteiger partial charge in [-0.25, -0.2) is 0 Å². The number of rotatable bonds is 4. The predicted octanol–water partition coefficient (Wildman–Crippen LogP) is 4.13. The highest BCUT2D eigenvalue weighted by Gasteiger charge is 2.30. The van der Waals surface area contributed by atoms with E-state index in [2.05, 4.69) is 4.72 Å². The van der Waals surface area contributed by atoms with Gasteiger partial charge in [-0.05, 0) is 49.1 Å². The fourth-order valence-electron chi connectivity index (χ4n) is 3.16. The van der Waals surface area contributed by atoms with Gasteiger partial charge in [0.25, 0.3) is 5.91 Å².